The lowest BCUT2D eigenvalue weighted by Gasteiger charge is -2.27. The van der Waals surface area contributed by atoms with Gasteiger partial charge >= 0.3 is 0 Å². The minimum absolute atomic E-state index is 0.325. The molecule has 5 nitrogen and oxygen atoms in total. The molecule has 0 saturated carbocycles. The van der Waals surface area contributed by atoms with E-state index in [-0.39, 0.29) is 11.7 Å². The molecule has 0 atom stereocenters. The van der Waals surface area contributed by atoms with Crippen LogP contribution in [0.1, 0.15) is 15.9 Å². The molecule has 2 aromatic rings. The molecule has 0 fully saturated rings. The van der Waals surface area contributed by atoms with Crippen LogP contribution in [-0.2, 0) is 0 Å². The highest BCUT2D eigenvalue weighted by Gasteiger charge is 2.30. The number of aliphatic imine (C=N–C) groups is 2. The Labute approximate surface area is 132 Å². The van der Waals surface area contributed by atoms with E-state index in [1.165, 1.54) is 24.3 Å². The van der Waals surface area contributed by atoms with E-state index in [4.69, 9.17) is 0 Å². The van der Waals surface area contributed by atoms with E-state index >= 15 is 0 Å². The Bertz CT molecular complexity index is 842. The second kappa shape index (κ2) is 5.31. The number of benzene rings is 2. The molecule has 1 N–H and O–H groups in total. The van der Waals surface area contributed by atoms with Gasteiger partial charge in [-0.3, -0.25) is 20.0 Å². The van der Waals surface area contributed by atoms with Crippen molar-refractivity contribution < 1.29 is 9.18 Å². The number of nitrogens with zero attached hydrogens (tertiary/aromatic N) is 3. The molecule has 0 radical (unpaired) electrons. The lowest BCUT2D eigenvalue weighted by Crippen LogP contribution is -2.47. The Morgan fingerprint density at radius 3 is 2.74 bits per heavy atom. The SMILES string of the molecule is O=C(NC1=Nc2ccccc2C2=NCCN12)c1ccc(F)cc1. The normalized spacial score (nSPS) is 15.4. The summed E-state index contributed by atoms with van der Waals surface area (Å²) in [5.41, 5.74) is 2.12. The predicted octanol–water partition coefficient (Wildman–Crippen LogP) is 2.32. The maximum absolute atomic E-state index is 13.0. The quantitative estimate of drug-likeness (QED) is 0.879. The van der Waals surface area contributed by atoms with E-state index in [0.29, 0.717) is 24.6 Å². The predicted molar refractivity (Wildman–Crippen MR) is 85.5 cm³/mol. The van der Waals surface area contributed by atoms with Gasteiger partial charge in [-0.15, -0.1) is 0 Å². The zero-order valence-corrected chi connectivity index (χ0v) is 12.2. The molecule has 4 rings (SSSR count). The van der Waals surface area contributed by atoms with Crippen molar-refractivity contribution in [3.8, 4) is 0 Å². The van der Waals surface area contributed by atoms with Gasteiger partial charge in [0.2, 0.25) is 5.96 Å². The second-order valence-corrected chi connectivity index (χ2v) is 5.27. The summed E-state index contributed by atoms with van der Waals surface area (Å²) < 4.78 is 13.0. The first-order valence-electron chi connectivity index (χ1n) is 7.29. The Hall–Kier alpha value is -3.02. The van der Waals surface area contributed by atoms with Gasteiger partial charge in [0.15, 0.2) is 0 Å². The second-order valence-electron chi connectivity index (χ2n) is 5.27. The fraction of sp³-hybridized carbons (Fsp3) is 0.118. The van der Waals surface area contributed by atoms with Crippen molar-refractivity contribution in [2.24, 2.45) is 9.98 Å². The van der Waals surface area contributed by atoms with E-state index in [0.717, 1.165) is 17.1 Å². The molecule has 0 aliphatic carbocycles. The molecule has 114 valence electrons. The number of carbonyl (C=O) groups excluding carboxylic acids is 1. The Morgan fingerprint density at radius 2 is 1.91 bits per heavy atom. The third-order valence-electron chi connectivity index (χ3n) is 3.80. The standard InChI is InChI=1S/C17H13FN4O/c18-12-7-5-11(6-8-12)16(23)21-17-20-14-4-2-1-3-13(14)15-19-9-10-22(15)17/h1-8H,9-10H2,(H,20,21,23). The Morgan fingerprint density at radius 1 is 1.13 bits per heavy atom. The van der Waals surface area contributed by atoms with Gasteiger partial charge in [-0.05, 0) is 36.4 Å². The summed E-state index contributed by atoms with van der Waals surface area (Å²) in [5.74, 6) is 0.577. The molecule has 1 amide bonds. The zero-order valence-electron chi connectivity index (χ0n) is 12.2. The number of nitrogens with one attached hydrogen (secondary N) is 1. The van der Waals surface area contributed by atoms with Gasteiger partial charge in [0.05, 0.1) is 12.2 Å². The van der Waals surface area contributed by atoms with Crippen molar-refractivity contribution in [2.45, 2.75) is 0 Å². The molecule has 2 aromatic carbocycles. The Balaban J connectivity index is 1.66. The van der Waals surface area contributed by atoms with E-state index in [9.17, 15) is 9.18 Å². The van der Waals surface area contributed by atoms with Crippen LogP contribution in [0.5, 0.6) is 0 Å². The van der Waals surface area contributed by atoms with Crippen molar-refractivity contribution in [2.75, 3.05) is 13.1 Å². The number of hydrogen-bond donors (Lipinski definition) is 1. The van der Waals surface area contributed by atoms with Crippen molar-refractivity contribution in [3.05, 3.63) is 65.5 Å². The maximum atomic E-state index is 13.0. The molecule has 2 aliphatic rings. The van der Waals surface area contributed by atoms with Crippen LogP contribution in [0.4, 0.5) is 10.1 Å². The van der Waals surface area contributed by atoms with Crippen molar-refractivity contribution in [1.82, 2.24) is 10.2 Å². The first-order chi connectivity index (χ1) is 11.2. The highest BCUT2D eigenvalue weighted by molar-refractivity contribution is 6.19. The first kappa shape index (κ1) is 13.6. The summed E-state index contributed by atoms with van der Waals surface area (Å²) >= 11 is 0. The van der Waals surface area contributed by atoms with Crippen LogP contribution < -0.4 is 5.32 Å². The number of carbonyl (C=O) groups is 1. The van der Waals surface area contributed by atoms with Crippen LogP contribution in [0.3, 0.4) is 0 Å². The number of guanidine groups is 1. The van der Waals surface area contributed by atoms with Gasteiger partial charge in [-0.2, -0.15) is 0 Å². The van der Waals surface area contributed by atoms with Gasteiger partial charge in [0.1, 0.15) is 11.7 Å². The van der Waals surface area contributed by atoms with E-state index < -0.39 is 0 Å². The Kier molecular flexibility index (Phi) is 3.15. The minimum Gasteiger partial charge on any atom is -0.294 e. The third kappa shape index (κ3) is 2.38. The van der Waals surface area contributed by atoms with Crippen LogP contribution in [0.25, 0.3) is 0 Å². The topological polar surface area (TPSA) is 57.1 Å². The number of hydrogen-bond acceptors (Lipinski definition) is 4. The van der Waals surface area contributed by atoms with Crippen LogP contribution in [-0.4, -0.2) is 35.7 Å². The molecule has 0 saturated heterocycles. The van der Waals surface area contributed by atoms with Crippen molar-refractivity contribution in [1.29, 1.82) is 0 Å². The lowest BCUT2D eigenvalue weighted by atomic mass is 10.1. The monoisotopic (exact) mass is 308 g/mol. The fourth-order valence-corrected chi connectivity index (χ4v) is 2.69. The zero-order chi connectivity index (χ0) is 15.8. The molecule has 23 heavy (non-hydrogen) atoms. The smallest absolute Gasteiger partial charge is 0.257 e. The van der Waals surface area contributed by atoms with Gasteiger partial charge < -0.3 is 0 Å². The van der Waals surface area contributed by atoms with Gasteiger partial charge in [-0.1, -0.05) is 12.1 Å². The van der Waals surface area contributed by atoms with E-state index in [1.807, 2.05) is 29.2 Å². The van der Waals surface area contributed by atoms with Crippen LogP contribution in [0.2, 0.25) is 0 Å². The molecule has 2 heterocycles. The molecule has 0 spiro atoms. The first-order valence-corrected chi connectivity index (χ1v) is 7.29. The number of rotatable bonds is 1. The van der Waals surface area contributed by atoms with Gasteiger partial charge in [0, 0.05) is 17.7 Å². The highest BCUT2D eigenvalue weighted by atomic mass is 19.1. The molecule has 0 bridgehead atoms. The summed E-state index contributed by atoms with van der Waals surface area (Å²) in [4.78, 5) is 23.3. The molecule has 0 aromatic heterocycles. The van der Waals surface area contributed by atoms with Gasteiger partial charge in [0.25, 0.3) is 5.91 Å². The third-order valence-corrected chi connectivity index (χ3v) is 3.80. The van der Waals surface area contributed by atoms with Crippen molar-refractivity contribution >= 4 is 23.4 Å². The maximum Gasteiger partial charge on any atom is 0.257 e. The summed E-state index contributed by atoms with van der Waals surface area (Å²) in [6.07, 6.45) is 0. The number of amides is 1. The summed E-state index contributed by atoms with van der Waals surface area (Å²) in [7, 11) is 0. The highest BCUT2D eigenvalue weighted by Crippen LogP contribution is 2.27. The molecule has 0 unspecified atom stereocenters. The van der Waals surface area contributed by atoms with Crippen LogP contribution in [0.15, 0.2) is 58.5 Å². The number of amidine groups is 1. The molecule has 6 heteroatoms. The number of para-hydroxylation sites is 1. The molecule has 2 aliphatic heterocycles. The minimum atomic E-state index is -0.376. The average Bonchev–Trinajstić information content (AvgIpc) is 3.06. The average molecular weight is 308 g/mol. The molecular weight excluding hydrogens is 295 g/mol. The molecular formula is C17H13FN4O. The van der Waals surface area contributed by atoms with E-state index in [1.54, 1.807) is 0 Å². The summed E-state index contributed by atoms with van der Waals surface area (Å²) in [6.45, 7) is 1.33. The summed E-state index contributed by atoms with van der Waals surface area (Å²) in [5, 5.41) is 2.80. The number of halogens is 1. The van der Waals surface area contributed by atoms with Gasteiger partial charge in [-0.25, -0.2) is 9.38 Å². The fourth-order valence-electron chi connectivity index (χ4n) is 2.69. The van der Waals surface area contributed by atoms with Crippen LogP contribution in [0, 0.1) is 5.82 Å². The number of fused-ring (bicyclic) bond motifs is 3. The largest absolute Gasteiger partial charge is 0.294 e. The van der Waals surface area contributed by atoms with Crippen molar-refractivity contribution in [3.63, 3.8) is 0 Å². The lowest BCUT2D eigenvalue weighted by molar-refractivity contribution is 0.0974. The van der Waals surface area contributed by atoms with E-state index in [2.05, 4.69) is 15.3 Å². The van der Waals surface area contributed by atoms with Crippen LogP contribution >= 0.6 is 0 Å². The summed E-state index contributed by atoms with van der Waals surface area (Å²) in [6, 6.07) is 13.1.